The van der Waals surface area contributed by atoms with Gasteiger partial charge in [0, 0.05) is 6.42 Å². The molecule has 0 bridgehead atoms. The molecule has 0 aliphatic heterocycles. The number of para-hydroxylation sites is 1. The van der Waals surface area contributed by atoms with Crippen LogP contribution in [0.3, 0.4) is 0 Å². The van der Waals surface area contributed by atoms with Gasteiger partial charge in [0.1, 0.15) is 11.5 Å². The Balaban J connectivity index is 2.05. The maximum atomic E-state index is 5.60. The van der Waals surface area contributed by atoms with Crippen molar-refractivity contribution < 1.29 is 9.15 Å². The largest absolute Gasteiger partial charge is 0.494 e. The van der Waals surface area contributed by atoms with E-state index >= 15 is 0 Å². The third-order valence-electron chi connectivity index (χ3n) is 2.95. The summed E-state index contributed by atoms with van der Waals surface area (Å²) in [6.07, 6.45) is 1.69. The molecule has 0 amide bonds. The predicted molar refractivity (Wildman–Crippen MR) is 71.0 cm³/mol. The summed E-state index contributed by atoms with van der Waals surface area (Å²) in [4.78, 5) is 4.39. The van der Waals surface area contributed by atoms with Crippen molar-refractivity contribution in [3.63, 3.8) is 0 Å². The summed E-state index contributed by atoms with van der Waals surface area (Å²) in [5.41, 5.74) is 2.18. The van der Waals surface area contributed by atoms with Gasteiger partial charge >= 0.3 is 0 Å². The van der Waals surface area contributed by atoms with Crippen molar-refractivity contribution in [1.82, 2.24) is 4.98 Å². The van der Waals surface area contributed by atoms with Gasteiger partial charge in [-0.3, -0.25) is 0 Å². The van der Waals surface area contributed by atoms with E-state index < -0.39 is 0 Å². The van der Waals surface area contributed by atoms with E-state index in [4.69, 9.17) is 9.15 Å². The van der Waals surface area contributed by atoms with Gasteiger partial charge in [0.2, 0.25) is 0 Å². The molecule has 2 rings (SSSR count). The molecule has 0 aliphatic carbocycles. The Labute approximate surface area is 108 Å². The minimum Gasteiger partial charge on any atom is -0.494 e. The van der Waals surface area contributed by atoms with Gasteiger partial charge in [-0.25, -0.2) is 4.98 Å². The van der Waals surface area contributed by atoms with Crippen molar-refractivity contribution in [2.75, 3.05) is 6.61 Å². The van der Waals surface area contributed by atoms with Crippen LogP contribution in [0, 0.1) is 13.8 Å². The molecule has 0 saturated heterocycles. The van der Waals surface area contributed by atoms with Crippen LogP contribution in [0.15, 0.2) is 28.7 Å². The zero-order valence-corrected chi connectivity index (χ0v) is 11.2. The number of benzene rings is 1. The smallest absolute Gasteiger partial charge is 0.194 e. The van der Waals surface area contributed by atoms with Gasteiger partial charge in [-0.05, 0) is 38.8 Å². The SMILES string of the molecule is CCOc1ccccc1CCc1nc(C)c(C)o1. The number of aryl methyl sites for hydroxylation is 4. The van der Waals surface area contributed by atoms with Gasteiger partial charge in [-0.1, -0.05) is 18.2 Å². The summed E-state index contributed by atoms with van der Waals surface area (Å²) < 4.78 is 11.2. The van der Waals surface area contributed by atoms with Crippen LogP contribution in [-0.4, -0.2) is 11.6 Å². The van der Waals surface area contributed by atoms with Gasteiger partial charge in [-0.2, -0.15) is 0 Å². The molecule has 3 heteroatoms. The molecule has 1 aromatic heterocycles. The Morgan fingerprint density at radius 3 is 2.61 bits per heavy atom. The van der Waals surface area contributed by atoms with Gasteiger partial charge in [0.15, 0.2) is 5.89 Å². The van der Waals surface area contributed by atoms with Crippen LogP contribution >= 0.6 is 0 Å². The predicted octanol–water partition coefficient (Wildman–Crippen LogP) is 3.48. The van der Waals surface area contributed by atoms with Crippen molar-refractivity contribution in [3.8, 4) is 5.75 Å². The molecule has 2 aromatic rings. The maximum Gasteiger partial charge on any atom is 0.194 e. The lowest BCUT2D eigenvalue weighted by Crippen LogP contribution is -1.98. The van der Waals surface area contributed by atoms with Crippen LogP contribution in [0.25, 0.3) is 0 Å². The molecule has 0 radical (unpaired) electrons. The van der Waals surface area contributed by atoms with Crippen LogP contribution in [0.1, 0.15) is 29.8 Å². The first kappa shape index (κ1) is 12.7. The highest BCUT2D eigenvalue weighted by molar-refractivity contribution is 5.33. The number of rotatable bonds is 5. The van der Waals surface area contributed by atoms with E-state index in [2.05, 4.69) is 11.1 Å². The van der Waals surface area contributed by atoms with Crippen LogP contribution in [0.2, 0.25) is 0 Å². The molecule has 0 unspecified atom stereocenters. The lowest BCUT2D eigenvalue weighted by atomic mass is 10.1. The zero-order valence-electron chi connectivity index (χ0n) is 11.2. The summed E-state index contributed by atoms with van der Waals surface area (Å²) in [5.74, 6) is 2.67. The number of ether oxygens (including phenoxy) is 1. The van der Waals surface area contributed by atoms with Crippen LogP contribution < -0.4 is 4.74 Å². The zero-order chi connectivity index (χ0) is 13.0. The normalized spacial score (nSPS) is 10.6. The lowest BCUT2D eigenvalue weighted by molar-refractivity contribution is 0.336. The minimum absolute atomic E-state index is 0.689. The van der Waals surface area contributed by atoms with E-state index in [9.17, 15) is 0 Å². The molecule has 18 heavy (non-hydrogen) atoms. The average molecular weight is 245 g/mol. The fourth-order valence-corrected chi connectivity index (χ4v) is 1.89. The fraction of sp³-hybridized carbons (Fsp3) is 0.400. The second kappa shape index (κ2) is 5.71. The monoisotopic (exact) mass is 245 g/mol. The molecule has 0 fully saturated rings. The summed E-state index contributed by atoms with van der Waals surface area (Å²) >= 11 is 0. The Morgan fingerprint density at radius 2 is 1.94 bits per heavy atom. The average Bonchev–Trinajstić information content (AvgIpc) is 2.68. The van der Waals surface area contributed by atoms with Gasteiger partial charge in [0.05, 0.1) is 12.3 Å². The number of oxazole rings is 1. The fourth-order valence-electron chi connectivity index (χ4n) is 1.89. The number of nitrogens with zero attached hydrogens (tertiary/aromatic N) is 1. The van der Waals surface area contributed by atoms with Crippen molar-refractivity contribution in [3.05, 3.63) is 47.2 Å². The molecular weight excluding hydrogens is 226 g/mol. The Morgan fingerprint density at radius 1 is 1.17 bits per heavy atom. The second-order valence-electron chi connectivity index (χ2n) is 4.29. The first-order valence-electron chi connectivity index (χ1n) is 6.34. The standard InChI is InChI=1S/C15H19NO2/c1-4-17-14-8-6-5-7-13(14)9-10-15-16-11(2)12(3)18-15/h5-8H,4,9-10H2,1-3H3. The molecule has 1 heterocycles. The summed E-state index contributed by atoms with van der Waals surface area (Å²) in [5, 5.41) is 0. The highest BCUT2D eigenvalue weighted by atomic mass is 16.5. The Bertz CT molecular complexity index is 497. The molecule has 3 nitrogen and oxygen atoms in total. The Kier molecular flexibility index (Phi) is 4.03. The van der Waals surface area contributed by atoms with Gasteiger partial charge in [-0.15, -0.1) is 0 Å². The highest BCUT2D eigenvalue weighted by Gasteiger charge is 2.08. The van der Waals surface area contributed by atoms with Crippen LogP contribution in [-0.2, 0) is 12.8 Å². The van der Waals surface area contributed by atoms with Crippen LogP contribution in [0.5, 0.6) is 5.75 Å². The molecule has 0 saturated carbocycles. The van der Waals surface area contributed by atoms with E-state index in [0.29, 0.717) is 6.61 Å². The molecule has 0 aliphatic rings. The molecule has 0 N–H and O–H groups in total. The molecule has 0 atom stereocenters. The van der Waals surface area contributed by atoms with E-state index in [1.54, 1.807) is 0 Å². The van der Waals surface area contributed by atoms with Gasteiger partial charge in [0.25, 0.3) is 0 Å². The van der Waals surface area contributed by atoms with E-state index in [0.717, 1.165) is 35.9 Å². The summed E-state index contributed by atoms with van der Waals surface area (Å²) in [6, 6.07) is 8.12. The third kappa shape index (κ3) is 2.92. The van der Waals surface area contributed by atoms with Crippen molar-refractivity contribution >= 4 is 0 Å². The second-order valence-corrected chi connectivity index (χ2v) is 4.29. The molecule has 0 spiro atoms. The van der Waals surface area contributed by atoms with E-state index in [1.807, 2.05) is 39.0 Å². The van der Waals surface area contributed by atoms with Crippen LogP contribution in [0.4, 0.5) is 0 Å². The van der Waals surface area contributed by atoms with E-state index in [1.165, 1.54) is 5.56 Å². The topological polar surface area (TPSA) is 35.3 Å². The highest BCUT2D eigenvalue weighted by Crippen LogP contribution is 2.20. The number of aromatic nitrogens is 1. The number of hydrogen-bond acceptors (Lipinski definition) is 3. The first-order valence-corrected chi connectivity index (χ1v) is 6.34. The summed E-state index contributed by atoms with van der Waals surface area (Å²) in [6.45, 7) is 6.60. The van der Waals surface area contributed by atoms with E-state index in [-0.39, 0.29) is 0 Å². The molecular formula is C15H19NO2. The first-order chi connectivity index (χ1) is 8.70. The summed E-state index contributed by atoms with van der Waals surface area (Å²) in [7, 11) is 0. The Hall–Kier alpha value is -1.77. The third-order valence-corrected chi connectivity index (χ3v) is 2.95. The quantitative estimate of drug-likeness (QED) is 0.809. The molecule has 96 valence electrons. The minimum atomic E-state index is 0.689. The number of hydrogen-bond donors (Lipinski definition) is 0. The molecule has 1 aromatic carbocycles. The van der Waals surface area contributed by atoms with Crippen molar-refractivity contribution in [2.24, 2.45) is 0 Å². The van der Waals surface area contributed by atoms with Gasteiger partial charge < -0.3 is 9.15 Å². The van der Waals surface area contributed by atoms with Crippen molar-refractivity contribution in [1.29, 1.82) is 0 Å². The lowest BCUT2D eigenvalue weighted by Gasteiger charge is -2.08. The maximum absolute atomic E-state index is 5.60. The van der Waals surface area contributed by atoms with Crippen molar-refractivity contribution in [2.45, 2.75) is 33.6 Å².